The summed E-state index contributed by atoms with van der Waals surface area (Å²) in [6, 6.07) is 21.6. The van der Waals surface area contributed by atoms with Crippen molar-refractivity contribution < 1.29 is 35.2 Å². The van der Waals surface area contributed by atoms with E-state index in [1.165, 1.54) is 0 Å². The molecule has 0 aliphatic rings. The van der Waals surface area contributed by atoms with E-state index < -0.39 is 54.6 Å². The van der Waals surface area contributed by atoms with Crippen LogP contribution in [-0.2, 0) is 29.3 Å². The molecule has 4 aromatic rings. The summed E-state index contributed by atoms with van der Waals surface area (Å²) in [6.45, 7) is 0. The SMILES string of the molecule is O=C(CS(=O)(=O)c1ccc(F)cc1)Nc1ccc(-c2ccc(NC(=O)CS(=O)(=O)c3ccc(F)cc3)cc2)cc1. The summed E-state index contributed by atoms with van der Waals surface area (Å²) in [5.74, 6) is -4.29. The minimum atomic E-state index is -3.94. The molecule has 0 aliphatic heterocycles. The maximum atomic E-state index is 13.0. The largest absolute Gasteiger partial charge is 0.325 e. The third kappa shape index (κ3) is 7.36. The molecule has 2 N–H and O–H groups in total. The first-order chi connectivity index (χ1) is 18.9. The van der Waals surface area contributed by atoms with Gasteiger partial charge < -0.3 is 10.6 Å². The van der Waals surface area contributed by atoms with Gasteiger partial charge in [0, 0.05) is 11.4 Å². The number of hydrogen-bond donors (Lipinski definition) is 2. The van der Waals surface area contributed by atoms with Crippen LogP contribution in [0.3, 0.4) is 0 Å². The fourth-order valence-corrected chi connectivity index (χ4v) is 5.95. The number of anilines is 2. The number of benzene rings is 4. The first-order valence-electron chi connectivity index (χ1n) is 11.7. The number of sulfone groups is 2. The van der Waals surface area contributed by atoms with E-state index in [0.717, 1.165) is 59.7 Å². The van der Waals surface area contributed by atoms with Crippen LogP contribution in [0, 0.1) is 11.6 Å². The average molecular weight is 585 g/mol. The third-order valence-electron chi connectivity index (χ3n) is 5.66. The third-order valence-corrected chi connectivity index (χ3v) is 8.92. The van der Waals surface area contributed by atoms with Gasteiger partial charge in [-0.2, -0.15) is 0 Å². The number of carbonyl (C=O) groups excluding carboxylic acids is 2. The van der Waals surface area contributed by atoms with E-state index >= 15 is 0 Å². The highest BCUT2D eigenvalue weighted by atomic mass is 32.2. The van der Waals surface area contributed by atoms with E-state index in [1.54, 1.807) is 48.5 Å². The van der Waals surface area contributed by atoms with Gasteiger partial charge in [0.15, 0.2) is 19.7 Å². The maximum Gasteiger partial charge on any atom is 0.239 e. The molecular weight excluding hydrogens is 562 g/mol. The Morgan fingerprint density at radius 3 is 1.10 bits per heavy atom. The van der Waals surface area contributed by atoms with E-state index in [0.29, 0.717) is 11.4 Å². The molecule has 12 heteroatoms. The van der Waals surface area contributed by atoms with Crippen molar-refractivity contribution in [3.8, 4) is 11.1 Å². The summed E-state index contributed by atoms with van der Waals surface area (Å²) >= 11 is 0. The van der Waals surface area contributed by atoms with Crippen LogP contribution >= 0.6 is 0 Å². The van der Waals surface area contributed by atoms with Crippen LogP contribution in [0.1, 0.15) is 0 Å². The first kappa shape index (κ1) is 28.6. The second-order valence-corrected chi connectivity index (χ2v) is 12.7. The smallest absolute Gasteiger partial charge is 0.239 e. The summed E-state index contributed by atoms with van der Waals surface area (Å²) < 4.78 is 75.6. The molecule has 0 heterocycles. The number of carbonyl (C=O) groups is 2. The first-order valence-corrected chi connectivity index (χ1v) is 15.0. The molecule has 4 rings (SSSR count). The monoisotopic (exact) mass is 584 g/mol. The molecule has 0 radical (unpaired) electrons. The zero-order valence-electron chi connectivity index (χ0n) is 20.7. The van der Waals surface area contributed by atoms with Crippen LogP contribution in [0.5, 0.6) is 0 Å². The molecule has 0 aliphatic carbocycles. The Morgan fingerprint density at radius 1 is 0.500 bits per heavy atom. The van der Waals surface area contributed by atoms with Gasteiger partial charge in [0.25, 0.3) is 0 Å². The van der Waals surface area contributed by atoms with Gasteiger partial charge in [-0.15, -0.1) is 0 Å². The van der Waals surface area contributed by atoms with Gasteiger partial charge >= 0.3 is 0 Å². The number of amides is 2. The van der Waals surface area contributed by atoms with E-state index in [-0.39, 0.29) is 9.79 Å². The molecule has 206 valence electrons. The van der Waals surface area contributed by atoms with Crippen LogP contribution in [-0.4, -0.2) is 40.2 Å². The molecule has 0 saturated carbocycles. The van der Waals surface area contributed by atoms with Crippen molar-refractivity contribution in [2.45, 2.75) is 9.79 Å². The molecule has 40 heavy (non-hydrogen) atoms. The highest BCUT2D eigenvalue weighted by Crippen LogP contribution is 2.24. The van der Waals surface area contributed by atoms with Crippen LogP contribution in [0.25, 0.3) is 11.1 Å². The molecule has 0 bridgehead atoms. The van der Waals surface area contributed by atoms with E-state index in [1.807, 2.05) is 0 Å². The van der Waals surface area contributed by atoms with Crippen molar-refractivity contribution >= 4 is 42.9 Å². The van der Waals surface area contributed by atoms with Crippen molar-refractivity contribution in [3.63, 3.8) is 0 Å². The van der Waals surface area contributed by atoms with Crippen LogP contribution in [0.15, 0.2) is 107 Å². The Balaban J connectivity index is 1.33. The normalized spacial score (nSPS) is 11.6. The number of nitrogens with one attached hydrogen (secondary N) is 2. The summed E-state index contributed by atoms with van der Waals surface area (Å²) in [5, 5.41) is 5.03. The molecule has 0 atom stereocenters. The lowest BCUT2D eigenvalue weighted by Gasteiger charge is -2.09. The van der Waals surface area contributed by atoms with Gasteiger partial charge in [-0.1, -0.05) is 24.3 Å². The van der Waals surface area contributed by atoms with Crippen LogP contribution < -0.4 is 10.6 Å². The van der Waals surface area contributed by atoms with Crippen molar-refractivity contribution in [2.24, 2.45) is 0 Å². The quantitative estimate of drug-likeness (QED) is 0.280. The van der Waals surface area contributed by atoms with Crippen molar-refractivity contribution in [1.82, 2.24) is 0 Å². The standard InChI is InChI=1S/C28H22F2N2O6S2/c29-21-5-13-25(14-6-21)39(35,36)17-27(33)31-23-9-1-19(2-10-23)20-3-11-24(12-4-20)32-28(34)18-40(37,38)26-15-7-22(30)8-16-26/h1-16H,17-18H2,(H,31,33)(H,32,34). The second kappa shape index (κ2) is 11.8. The summed E-state index contributed by atoms with van der Waals surface area (Å²) in [5.41, 5.74) is 2.26. The Bertz CT molecular complexity index is 1610. The van der Waals surface area contributed by atoms with E-state index in [2.05, 4.69) is 10.6 Å². The highest BCUT2D eigenvalue weighted by Gasteiger charge is 2.21. The molecule has 0 spiro atoms. The number of hydrogen-bond acceptors (Lipinski definition) is 6. The Morgan fingerprint density at radius 2 is 0.800 bits per heavy atom. The Kier molecular flexibility index (Phi) is 8.40. The summed E-state index contributed by atoms with van der Waals surface area (Å²) in [4.78, 5) is 24.2. The van der Waals surface area contributed by atoms with Gasteiger partial charge in [0.1, 0.15) is 23.1 Å². The highest BCUT2D eigenvalue weighted by molar-refractivity contribution is 7.92. The zero-order valence-corrected chi connectivity index (χ0v) is 22.3. The van der Waals surface area contributed by atoms with Crippen molar-refractivity contribution in [2.75, 3.05) is 22.1 Å². The minimum absolute atomic E-state index is 0.159. The second-order valence-electron chi connectivity index (χ2n) is 8.68. The van der Waals surface area contributed by atoms with E-state index in [4.69, 9.17) is 0 Å². The Labute approximate surface area is 229 Å². The number of rotatable bonds is 9. The van der Waals surface area contributed by atoms with Gasteiger partial charge in [-0.25, -0.2) is 25.6 Å². The van der Waals surface area contributed by atoms with E-state index in [9.17, 15) is 35.2 Å². The predicted octanol–water partition coefficient (Wildman–Crippen LogP) is 4.46. The molecule has 0 saturated heterocycles. The lowest BCUT2D eigenvalue weighted by atomic mass is 10.0. The van der Waals surface area contributed by atoms with Gasteiger partial charge in [-0.3, -0.25) is 9.59 Å². The number of halogens is 2. The molecular formula is C28H22F2N2O6S2. The fourth-order valence-electron chi connectivity index (χ4n) is 3.68. The lowest BCUT2D eigenvalue weighted by Crippen LogP contribution is -2.23. The molecule has 2 amide bonds. The topological polar surface area (TPSA) is 126 Å². The fraction of sp³-hybridized carbons (Fsp3) is 0.0714. The molecule has 0 fully saturated rings. The van der Waals surface area contributed by atoms with Gasteiger partial charge in [0.05, 0.1) is 9.79 Å². The summed E-state index contributed by atoms with van der Waals surface area (Å²) in [6.07, 6.45) is 0. The lowest BCUT2D eigenvalue weighted by molar-refractivity contribution is -0.114. The molecule has 4 aromatic carbocycles. The Hall–Kier alpha value is -4.42. The maximum absolute atomic E-state index is 13.0. The van der Waals surface area contributed by atoms with Crippen molar-refractivity contribution in [3.05, 3.63) is 109 Å². The minimum Gasteiger partial charge on any atom is -0.325 e. The summed E-state index contributed by atoms with van der Waals surface area (Å²) in [7, 11) is -7.88. The zero-order chi connectivity index (χ0) is 28.9. The molecule has 8 nitrogen and oxygen atoms in total. The van der Waals surface area contributed by atoms with Crippen LogP contribution in [0.2, 0.25) is 0 Å². The van der Waals surface area contributed by atoms with Crippen LogP contribution in [0.4, 0.5) is 20.2 Å². The van der Waals surface area contributed by atoms with Gasteiger partial charge in [-0.05, 0) is 83.9 Å². The average Bonchev–Trinajstić information content (AvgIpc) is 2.89. The van der Waals surface area contributed by atoms with Crippen molar-refractivity contribution in [1.29, 1.82) is 0 Å². The molecule has 0 aromatic heterocycles. The predicted molar refractivity (Wildman–Crippen MR) is 146 cm³/mol. The molecule has 0 unspecified atom stereocenters. The van der Waals surface area contributed by atoms with Gasteiger partial charge in [0.2, 0.25) is 11.8 Å².